The molecule has 3 amide bonds. The first-order valence-corrected chi connectivity index (χ1v) is 13.2. The lowest BCUT2D eigenvalue weighted by molar-refractivity contribution is 0.0739. The lowest BCUT2D eigenvalue weighted by Gasteiger charge is -2.35. The first-order chi connectivity index (χ1) is 19.5. The molecule has 4 rings (SSSR count). The van der Waals surface area contributed by atoms with E-state index in [2.05, 4.69) is 10.2 Å². The number of para-hydroxylation sites is 1. The number of rotatable bonds is 10. The molecule has 0 spiro atoms. The maximum absolute atomic E-state index is 13.5. The van der Waals surface area contributed by atoms with E-state index in [-0.39, 0.29) is 17.8 Å². The maximum atomic E-state index is 13.5. The molecule has 0 radical (unpaired) electrons. The molecule has 1 aliphatic rings. The lowest BCUT2D eigenvalue weighted by Crippen LogP contribution is -2.51. The van der Waals surface area contributed by atoms with Crippen molar-refractivity contribution in [1.29, 1.82) is 0 Å². The van der Waals surface area contributed by atoms with Crippen LogP contribution in [0.5, 0.6) is 11.5 Å². The van der Waals surface area contributed by atoms with Gasteiger partial charge >= 0.3 is 6.03 Å². The molecule has 1 saturated heterocycles. The second-order valence-electron chi connectivity index (χ2n) is 9.39. The van der Waals surface area contributed by atoms with E-state index in [1.807, 2.05) is 54.6 Å². The fraction of sp³-hybridized carbons (Fsp3) is 0.290. The van der Waals surface area contributed by atoms with Gasteiger partial charge in [-0.1, -0.05) is 36.4 Å². The van der Waals surface area contributed by atoms with Crippen molar-refractivity contribution < 1.29 is 23.5 Å². The molecule has 0 bridgehead atoms. The number of carbonyl (C=O) groups excluding carboxylic acids is 2. The van der Waals surface area contributed by atoms with Crippen LogP contribution in [-0.2, 0) is 0 Å². The molecule has 0 atom stereocenters. The topological polar surface area (TPSA) is 74.3 Å². The fourth-order valence-corrected chi connectivity index (χ4v) is 4.50. The van der Waals surface area contributed by atoms with Gasteiger partial charge in [-0.05, 0) is 42.5 Å². The molecule has 8 nitrogen and oxygen atoms in total. The van der Waals surface area contributed by atoms with Crippen LogP contribution in [0.2, 0.25) is 0 Å². The van der Waals surface area contributed by atoms with Crippen LogP contribution in [0.4, 0.5) is 14.9 Å². The monoisotopic (exact) mass is 546 g/mol. The van der Waals surface area contributed by atoms with Crippen LogP contribution in [0, 0.1) is 5.82 Å². The van der Waals surface area contributed by atoms with E-state index < -0.39 is 0 Å². The molecule has 210 valence electrons. The predicted molar refractivity (Wildman–Crippen MR) is 154 cm³/mol. The summed E-state index contributed by atoms with van der Waals surface area (Å²) in [5.41, 5.74) is 2.04. The Balaban J connectivity index is 1.34. The third-order valence-electron chi connectivity index (χ3n) is 6.81. The molecular weight excluding hydrogens is 511 g/mol. The summed E-state index contributed by atoms with van der Waals surface area (Å²) in [5, 5.41) is 2.93. The van der Waals surface area contributed by atoms with Gasteiger partial charge in [0, 0.05) is 68.7 Å². The van der Waals surface area contributed by atoms with Gasteiger partial charge in [0.1, 0.15) is 17.3 Å². The second-order valence-corrected chi connectivity index (χ2v) is 9.39. The highest BCUT2D eigenvalue weighted by Gasteiger charge is 2.23. The molecule has 3 aromatic carbocycles. The molecule has 0 saturated carbocycles. The SMILES string of the molecule is COc1cccc(NC(=O)N2CCN(CCN(CC=Cc3ccccc3OC)C(=O)c3ccc(F)cc3)CC2)c1. The number of benzene rings is 3. The minimum atomic E-state index is -0.382. The number of nitrogens with one attached hydrogen (secondary N) is 1. The van der Waals surface area contributed by atoms with Gasteiger partial charge in [-0.15, -0.1) is 0 Å². The molecular formula is C31H35FN4O4. The van der Waals surface area contributed by atoms with Crippen molar-refractivity contribution in [3.05, 3.63) is 95.8 Å². The number of amides is 3. The van der Waals surface area contributed by atoms with Crippen molar-refractivity contribution in [2.75, 3.05) is 65.3 Å². The Kier molecular flexibility index (Phi) is 10.1. The van der Waals surface area contributed by atoms with Gasteiger partial charge in [-0.3, -0.25) is 9.69 Å². The summed E-state index contributed by atoms with van der Waals surface area (Å²) in [6.07, 6.45) is 3.86. The van der Waals surface area contributed by atoms with E-state index in [9.17, 15) is 14.0 Å². The molecule has 0 unspecified atom stereocenters. The second kappa shape index (κ2) is 14.1. The van der Waals surface area contributed by atoms with Crippen molar-refractivity contribution in [2.45, 2.75) is 0 Å². The molecule has 3 aromatic rings. The summed E-state index contributed by atoms with van der Waals surface area (Å²) in [6, 6.07) is 20.4. The first kappa shape index (κ1) is 28.6. The summed E-state index contributed by atoms with van der Waals surface area (Å²) in [6.45, 7) is 4.08. The lowest BCUT2D eigenvalue weighted by atomic mass is 10.1. The summed E-state index contributed by atoms with van der Waals surface area (Å²) in [7, 11) is 3.21. The highest BCUT2D eigenvalue weighted by Crippen LogP contribution is 2.19. The molecule has 0 aliphatic carbocycles. The largest absolute Gasteiger partial charge is 0.497 e. The van der Waals surface area contributed by atoms with Crippen LogP contribution >= 0.6 is 0 Å². The number of methoxy groups -OCH3 is 2. The zero-order valence-electron chi connectivity index (χ0n) is 22.9. The standard InChI is InChI=1S/C31H35FN4O4/c1-39-28-10-5-9-27(23-28)33-31(38)36-21-18-34(19-22-36)17-20-35(30(37)25-12-14-26(32)15-13-25)16-6-8-24-7-3-4-11-29(24)40-2/h3-15,23H,16-22H2,1-2H3,(H,33,38). The molecule has 1 aliphatic heterocycles. The van der Waals surface area contributed by atoms with Crippen molar-refractivity contribution in [2.24, 2.45) is 0 Å². The van der Waals surface area contributed by atoms with Crippen molar-refractivity contribution in [1.82, 2.24) is 14.7 Å². The van der Waals surface area contributed by atoms with E-state index in [1.165, 1.54) is 24.3 Å². The molecule has 0 aromatic heterocycles. The number of ether oxygens (including phenoxy) is 2. The number of nitrogens with zero attached hydrogens (tertiary/aromatic N) is 3. The molecule has 1 N–H and O–H groups in total. The van der Waals surface area contributed by atoms with Gasteiger partial charge in [0.05, 0.1) is 14.2 Å². The summed E-state index contributed by atoms with van der Waals surface area (Å²) in [4.78, 5) is 31.8. The Morgan fingerprint density at radius 3 is 2.42 bits per heavy atom. The Hall–Kier alpha value is -4.37. The average Bonchev–Trinajstić information content (AvgIpc) is 2.99. The number of carbonyl (C=O) groups is 2. The van der Waals surface area contributed by atoms with Gasteiger partial charge in [0.2, 0.25) is 0 Å². The molecule has 9 heteroatoms. The molecule has 40 heavy (non-hydrogen) atoms. The van der Waals surface area contributed by atoms with Crippen molar-refractivity contribution >= 4 is 23.7 Å². The van der Waals surface area contributed by atoms with Crippen molar-refractivity contribution in [3.8, 4) is 11.5 Å². The van der Waals surface area contributed by atoms with E-state index in [4.69, 9.17) is 9.47 Å². The fourth-order valence-electron chi connectivity index (χ4n) is 4.50. The van der Waals surface area contributed by atoms with Gasteiger partial charge < -0.3 is 24.6 Å². The highest BCUT2D eigenvalue weighted by atomic mass is 19.1. The zero-order chi connectivity index (χ0) is 28.3. The van der Waals surface area contributed by atoms with Gasteiger partial charge in [-0.25, -0.2) is 9.18 Å². The smallest absolute Gasteiger partial charge is 0.321 e. The van der Waals surface area contributed by atoms with E-state index in [1.54, 1.807) is 30.1 Å². The summed E-state index contributed by atoms with van der Waals surface area (Å²) in [5.74, 6) is 0.886. The summed E-state index contributed by atoms with van der Waals surface area (Å²) >= 11 is 0. The predicted octanol–water partition coefficient (Wildman–Crippen LogP) is 4.85. The van der Waals surface area contributed by atoms with Gasteiger partial charge in [0.15, 0.2) is 0 Å². The van der Waals surface area contributed by atoms with E-state index in [0.717, 1.165) is 11.3 Å². The van der Waals surface area contributed by atoms with Crippen LogP contribution in [0.25, 0.3) is 6.08 Å². The van der Waals surface area contributed by atoms with Crippen molar-refractivity contribution in [3.63, 3.8) is 0 Å². The Labute approximate surface area is 234 Å². The zero-order valence-corrected chi connectivity index (χ0v) is 22.9. The number of anilines is 1. The first-order valence-electron chi connectivity index (χ1n) is 13.2. The quantitative estimate of drug-likeness (QED) is 0.394. The Morgan fingerprint density at radius 1 is 0.950 bits per heavy atom. The van der Waals surface area contributed by atoms with Crippen LogP contribution in [0.1, 0.15) is 15.9 Å². The van der Waals surface area contributed by atoms with Gasteiger partial charge in [-0.2, -0.15) is 0 Å². The number of hydrogen-bond donors (Lipinski definition) is 1. The van der Waals surface area contributed by atoms with E-state index in [0.29, 0.717) is 62.8 Å². The third kappa shape index (κ3) is 7.83. The third-order valence-corrected chi connectivity index (χ3v) is 6.81. The summed E-state index contributed by atoms with van der Waals surface area (Å²) < 4.78 is 24.1. The van der Waals surface area contributed by atoms with E-state index >= 15 is 0 Å². The van der Waals surface area contributed by atoms with Gasteiger partial charge in [0.25, 0.3) is 5.91 Å². The maximum Gasteiger partial charge on any atom is 0.321 e. The number of halogens is 1. The number of piperazine rings is 1. The van der Waals surface area contributed by atoms with Crippen LogP contribution < -0.4 is 14.8 Å². The minimum absolute atomic E-state index is 0.150. The van der Waals surface area contributed by atoms with Crippen LogP contribution in [0.15, 0.2) is 78.9 Å². The number of hydrogen-bond acceptors (Lipinski definition) is 5. The Morgan fingerprint density at radius 2 is 1.70 bits per heavy atom. The number of urea groups is 1. The van der Waals surface area contributed by atoms with Crippen LogP contribution in [0.3, 0.4) is 0 Å². The normalized spacial score (nSPS) is 13.7. The molecule has 1 fully saturated rings. The highest BCUT2D eigenvalue weighted by molar-refractivity contribution is 5.94. The average molecular weight is 547 g/mol. The Bertz CT molecular complexity index is 1310. The molecule has 1 heterocycles. The minimum Gasteiger partial charge on any atom is -0.497 e. The van der Waals surface area contributed by atoms with Crippen LogP contribution in [-0.4, -0.2) is 86.7 Å².